The molecule has 2 nitrogen and oxygen atoms in total. The first-order chi connectivity index (χ1) is 23.7. The summed E-state index contributed by atoms with van der Waals surface area (Å²) in [5, 5.41) is 5.06. The molecule has 0 amide bonds. The maximum atomic E-state index is 5.00. The van der Waals surface area contributed by atoms with E-state index in [2.05, 4.69) is 196 Å². The van der Waals surface area contributed by atoms with Gasteiger partial charge in [-0.25, -0.2) is 4.98 Å². The summed E-state index contributed by atoms with van der Waals surface area (Å²) in [5.74, 6) is 0.966. The van der Waals surface area contributed by atoms with E-state index in [4.69, 9.17) is 4.98 Å². The minimum Gasteiger partial charge on any atom is -0.264 e. The summed E-state index contributed by atoms with van der Waals surface area (Å²) >= 11 is 2.35. The van der Waals surface area contributed by atoms with Gasteiger partial charge in [-0.2, -0.15) is 0 Å². The van der Waals surface area contributed by atoms with E-state index in [1.54, 1.807) is 0 Å². The Morgan fingerprint density at radius 3 is 1.38 bits per heavy atom. The molecule has 0 bridgehead atoms. The highest BCUT2D eigenvalue weighted by atomic mass is 127. The van der Waals surface area contributed by atoms with Crippen molar-refractivity contribution in [1.29, 1.82) is 0 Å². The molecule has 0 saturated heterocycles. The van der Waals surface area contributed by atoms with Gasteiger partial charge in [0, 0.05) is 5.56 Å². The minimum atomic E-state index is 0.966. The van der Waals surface area contributed by atoms with Crippen molar-refractivity contribution in [2.75, 3.05) is 0 Å². The van der Waals surface area contributed by atoms with Gasteiger partial charge in [0.15, 0.2) is 0 Å². The topological polar surface area (TPSA) is 17.8 Å². The molecule has 9 rings (SSSR count). The number of fused-ring (bicyclic) bond motifs is 3. The standard InChI is InChI=1S/C45H29IN2/c46-48-42-27-25-36(29-41(42)47-45(48)34-16-8-3-9-17-34)31-22-20-30(21-23-31)35-24-26-39-40(28-35)44(33-14-6-2-7-15-33)38-19-11-10-18-37(38)43(39)32-12-4-1-5-13-32/h1-29H. The molecule has 0 atom stereocenters. The molecular formula is C45H29IN2. The van der Waals surface area contributed by atoms with Crippen LogP contribution in [-0.2, 0) is 0 Å². The molecule has 0 spiro atoms. The van der Waals surface area contributed by atoms with Crippen LogP contribution in [0.3, 0.4) is 0 Å². The Hall–Kier alpha value is -5.52. The highest BCUT2D eigenvalue weighted by Crippen LogP contribution is 2.45. The summed E-state index contributed by atoms with van der Waals surface area (Å²) in [7, 11) is 0. The van der Waals surface area contributed by atoms with Crippen LogP contribution in [0.25, 0.3) is 88.5 Å². The Bertz CT molecular complexity index is 2590. The molecule has 1 aromatic heterocycles. The van der Waals surface area contributed by atoms with Gasteiger partial charge in [0.25, 0.3) is 0 Å². The summed E-state index contributed by atoms with van der Waals surface area (Å²) in [4.78, 5) is 5.00. The number of rotatable bonds is 5. The van der Waals surface area contributed by atoms with Crippen molar-refractivity contribution in [2.24, 2.45) is 0 Å². The van der Waals surface area contributed by atoms with Crippen molar-refractivity contribution >= 4 is 55.4 Å². The average molecular weight is 725 g/mol. The molecule has 0 aliphatic heterocycles. The van der Waals surface area contributed by atoms with Gasteiger partial charge in [-0.05, 0) is 84.3 Å². The van der Waals surface area contributed by atoms with Gasteiger partial charge in [0.2, 0.25) is 0 Å². The molecule has 0 radical (unpaired) electrons. The second-order valence-electron chi connectivity index (χ2n) is 12.2. The molecule has 0 unspecified atom stereocenters. The van der Waals surface area contributed by atoms with Crippen molar-refractivity contribution in [3.05, 3.63) is 176 Å². The van der Waals surface area contributed by atoms with Crippen LogP contribution in [0.1, 0.15) is 0 Å². The Morgan fingerprint density at radius 2 is 0.792 bits per heavy atom. The number of benzene rings is 8. The zero-order valence-electron chi connectivity index (χ0n) is 26.0. The van der Waals surface area contributed by atoms with E-state index in [9.17, 15) is 0 Å². The summed E-state index contributed by atoms with van der Waals surface area (Å²) in [6.07, 6.45) is 0. The highest BCUT2D eigenvalue weighted by Gasteiger charge is 2.17. The minimum absolute atomic E-state index is 0.966. The van der Waals surface area contributed by atoms with E-state index < -0.39 is 0 Å². The van der Waals surface area contributed by atoms with Crippen molar-refractivity contribution in [3.63, 3.8) is 0 Å². The van der Waals surface area contributed by atoms with Crippen molar-refractivity contribution in [2.45, 2.75) is 0 Å². The molecule has 48 heavy (non-hydrogen) atoms. The van der Waals surface area contributed by atoms with Crippen LogP contribution in [0, 0.1) is 0 Å². The van der Waals surface area contributed by atoms with Gasteiger partial charge in [-0.15, -0.1) is 0 Å². The summed E-state index contributed by atoms with van der Waals surface area (Å²) in [6.45, 7) is 0. The molecule has 0 aliphatic rings. The predicted octanol–water partition coefficient (Wildman–Crippen LogP) is 12.9. The first-order valence-electron chi connectivity index (χ1n) is 16.2. The van der Waals surface area contributed by atoms with Crippen molar-refractivity contribution < 1.29 is 0 Å². The molecule has 0 aliphatic carbocycles. The van der Waals surface area contributed by atoms with E-state index in [-0.39, 0.29) is 0 Å². The van der Waals surface area contributed by atoms with E-state index in [0.717, 1.165) is 28.0 Å². The van der Waals surface area contributed by atoms with Crippen LogP contribution < -0.4 is 0 Å². The lowest BCUT2D eigenvalue weighted by molar-refractivity contribution is 1.31. The van der Waals surface area contributed by atoms with Crippen LogP contribution in [0.5, 0.6) is 0 Å². The molecule has 0 saturated carbocycles. The molecular weight excluding hydrogens is 695 g/mol. The third-order valence-corrected chi connectivity index (χ3v) is 10.3. The van der Waals surface area contributed by atoms with Gasteiger partial charge in [-0.1, -0.05) is 158 Å². The average Bonchev–Trinajstić information content (AvgIpc) is 3.50. The fraction of sp³-hybridized carbons (Fsp3) is 0. The Morgan fingerprint density at radius 1 is 0.354 bits per heavy atom. The maximum absolute atomic E-state index is 5.00. The number of hydrogen-bond acceptors (Lipinski definition) is 1. The van der Waals surface area contributed by atoms with Gasteiger partial charge >= 0.3 is 0 Å². The van der Waals surface area contributed by atoms with Crippen LogP contribution in [0.15, 0.2) is 176 Å². The Labute approximate surface area is 293 Å². The molecule has 226 valence electrons. The van der Waals surface area contributed by atoms with E-state index in [0.29, 0.717) is 0 Å². The number of halogens is 1. The predicted molar refractivity (Wildman–Crippen MR) is 211 cm³/mol. The van der Waals surface area contributed by atoms with Crippen LogP contribution in [-0.4, -0.2) is 7.76 Å². The third-order valence-electron chi connectivity index (χ3n) is 9.33. The fourth-order valence-corrected chi connectivity index (χ4v) is 7.83. The number of aromatic nitrogens is 2. The van der Waals surface area contributed by atoms with E-state index >= 15 is 0 Å². The first-order valence-corrected chi connectivity index (χ1v) is 17.1. The number of nitrogens with zero attached hydrogens (tertiary/aromatic N) is 2. The van der Waals surface area contributed by atoms with Gasteiger partial charge in [0.05, 0.1) is 33.9 Å². The van der Waals surface area contributed by atoms with Crippen LogP contribution in [0.4, 0.5) is 0 Å². The lowest BCUT2D eigenvalue weighted by atomic mass is 9.85. The lowest BCUT2D eigenvalue weighted by Crippen LogP contribution is -1.91. The second kappa shape index (κ2) is 11.9. The van der Waals surface area contributed by atoms with E-state index in [1.165, 1.54) is 60.5 Å². The molecule has 9 aromatic rings. The molecule has 1 heterocycles. The summed E-state index contributed by atoms with van der Waals surface area (Å²) in [6, 6.07) is 63.3. The quantitative estimate of drug-likeness (QED) is 0.128. The fourth-order valence-electron chi connectivity index (χ4n) is 7.04. The molecule has 0 fully saturated rings. The number of imidazole rings is 1. The van der Waals surface area contributed by atoms with E-state index in [1.807, 2.05) is 6.07 Å². The Balaban J connectivity index is 1.17. The zero-order valence-corrected chi connectivity index (χ0v) is 28.2. The zero-order chi connectivity index (χ0) is 32.0. The van der Waals surface area contributed by atoms with Crippen LogP contribution in [0.2, 0.25) is 0 Å². The molecule has 3 heteroatoms. The van der Waals surface area contributed by atoms with Crippen LogP contribution >= 0.6 is 22.9 Å². The normalized spacial score (nSPS) is 11.4. The van der Waals surface area contributed by atoms with Crippen molar-refractivity contribution in [1.82, 2.24) is 7.76 Å². The van der Waals surface area contributed by atoms with Gasteiger partial charge in [-0.3, -0.25) is 2.78 Å². The Kier molecular flexibility index (Phi) is 7.13. The SMILES string of the molecule is In1c(-c2ccccc2)nc2cc(-c3ccc(-c4ccc5c(-c6ccccc6)c6ccccc6c(-c6ccccc6)c5c4)cc3)ccc21. The van der Waals surface area contributed by atoms with Gasteiger partial charge < -0.3 is 0 Å². The lowest BCUT2D eigenvalue weighted by Gasteiger charge is -2.18. The number of hydrogen-bond donors (Lipinski definition) is 0. The first kappa shape index (κ1) is 28.7. The summed E-state index contributed by atoms with van der Waals surface area (Å²) < 4.78 is 2.14. The van der Waals surface area contributed by atoms with Gasteiger partial charge in [0.1, 0.15) is 5.82 Å². The smallest absolute Gasteiger partial charge is 0.150 e. The monoisotopic (exact) mass is 724 g/mol. The summed E-state index contributed by atoms with van der Waals surface area (Å²) in [5.41, 5.74) is 13.0. The third kappa shape index (κ3) is 4.90. The maximum Gasteiger partial charge on any atom is 0.150 e. The second-order valence-corrected chi connectivity index (χ2v) is 13.1. The van der Waals surface area contributed by atoms with Crippen molar-refractivity contribution in [3.8, 4) is 55.9 Å². The highest BCUT2D eigenvalue weighted by molar-refractivity contribution is 14.1. The molecule has 0 N–H and O–H groups in total. The largest absolute Gasteiger partial charge is 0.264 e. The molecule has 8 aromatic carbocycles.